The molecule has 1 atom stereocenters. The third-order valence-electron chi connectivity index (χ3n) is 2.84. The molecule has 18 heavy (non-hydrogen) atoms. The molecule has 0 radical (unpaired) electrons. The van der Waals surface area contributed by atoms with Crippen LogP contribution >= 0.6 is 0 Å². The van der Waals surface area contributed by atoms with Gasteiger partial charge in [0.2, 0.25) is 0 Å². The molecule has 0 aliphatic rings. The Balaban J connectivity index is 2.29. The zero-order valence-electron chi connectivity index (χ0n) is 10.3. The highest BCUT2D eigenvalue weighted by Crippen LogP contribution is 2.23. The molecule has 0 saturated heterocycles. The second-order valence-electron chi connectivity index (χ2n) is 4.73. The second-order valence-corrected chi connectivity index (χ2v) is 4.73. The predicted octanol–water partition coefficient (Wildman–Crippen LogP) is 2.11. The third kappa shape index (κ3) is 2.73. The van der Waals surface area contributed by atoms with Crippen molar-refractivity contribution in [1.29, 1.82) is 0 Å². The van der Waals surface area contributed by atoms with Crippen LogP contribution in [-0.2, 0) is 19.0 Å². The number of hydrogen-bond donors (Lipinski definition) is 1. The molecule has 3 nitrogen and oxygen atoms in total. The normalized spacial score (nSPS) is 14.5. The Kier molecular flexibility index (Phi) is 3.17. The highest BCUT2D eigenvalue weighted by molar-refractivity contribution is 5.26. The van der Waals surface area contributed by atoms with Gasteiger partial charge in [0.05, 0.1) is 5.69 Å². The van der Waals surface area contributed by atoms with Gasteiger partial charge in [-0.25, -0.2) is 8.78 Å². The monoisotopic (exact) mass is 251 g/mol. The summed E-state index contributed by atoms with van der Waals surface area (Å²) >= 11 is 0. The Hall–Kier alpha value is -1.75. The lowest BCUT2D eigenvalue weighted by Crippen LogP contribution is -2.36. The van der Waals surface area contributed by atoms with Crippen molar-refractivity contribution in [2.24, 2.45) is 12.8 Å². The summed E-state index contributed by atoms with van der Waals surface area (Å²) in [6, 6.07) is 5.18. The van der Waals surface area contributed by atoms with Gasteiger partial charge in [-0.1, -0.05) is 0 Å². The fourth-order valence-electron chi connectivity index (χ4n) is 1.92. The maximum atomic E-state index is 13.2. The van der Waals surface area contributed by atoms with Gasteiger partial charge >= 0.3 is 0 Å². The minimum absolute atomic E-state index is 0.413. The molecule has 1 aromatic carbocycles. The van der Waals surface area contributed by atoms with Gasteiger partial charge in [0, 0.05) is 31.3 Å². The van der Waals surface area contributed by atoms with Crippen molar-refractivity contribution >= 4 is 0 Å². The molecular formula is C13H15F2N3. The Labute approximate surface area is 104 Å². The number of benzene rings is 1. The molecule has 5 heteroatoms. The number of aryl methyl sites for hydroxylation is 1. The fourth-order valence-corrected chi connectivity index (χ4v) is 1.92. The van der Waals surface area contributed by atoms with E-state index < -0.39 is 17.2 Å². The zero-order valence-corrected chi connectivity index (χ0v) is 10.3. The summed E-state index contributed by atoms with van der Waals surface area (Å²) in [7, 11) is 1.80. The molecule has 0 spiro atoms. The fraction of sp³-hybridized carbons (Fsp3) is 0.308. The van der Waals surface area contributed by atoms with Gasteiger partial charge in [-0.05, 0) is 30.7 Å². The maximum Gasteiger partial charge on any atom is 0.126 e. The van der Waals surface area contributed by atoms with E-state index in [1.165, 1.54) is 12.1 Å². The summed E-state index contributed by atoms with van der Waals surface area (Å²) in [6.45, 7) is 1.73. The smallest absolute Gasteiger partial charge is 0.126 e. The van der Waals surface area contributed by atoms with E-state index >= 15 is 0 Å². The summed E-state index contributed by atoms with van der Waals surface area (Å²) in [4.78, 5) is 0. The van der Waals surface area contributed by atoms with Crippen molar-refractivity contribution < 1.29 is 8.78 Å². The van der Waals surface area contributed by atoms with Gasteiger partial charge in [0.25, 0.3) is 0 Å². The Morgan fingerprint density at radius 3 is 2.39 bits per heavy atom. The van der Waals surface area contributed by atoms with Crippen LogP contribution in [0.2, 0.25) is 0 Å². The molecule has 96 valence electrons. The van der Waals surface area contributed by atoms with Crippen LogP contribution in [0.4, 0.5) is 8.78 Å². The molecule has 0 bridgehead atoms. The minimum Gasteiger partial charge on any atom is -0.321 e. The van der Waals surface area contributed by atoms with Crippen molar-refractivity contribution in [2.45, 2.75) is 18.9 Å². The lowest BCUT2D eigenvalue weighted by molar-refractivity contribution is 0.470. The van der Waals surface area contributed by atoms with Crippen molar-refractivity contribution in [3.8, 4) is 0 Å². The van der Waals surface area contributed by atoms with E-state index in [-0.39, 0.29) is 0 Å². The molecule has 1 heterocycles. The number of nitrogens with two attached hydrogens (primary N) is 1. The van der Waals surface area contributed by atoms with Crippen LogP contribution in [-0.4, -0.2) is 9.78 Å². The summed E-state index contributed by atoms with van der Waals surface area (Å²) in [5.41, 5.74) is 6.48. The first-order valence-electron chi connectivity index (χ1n) is 5.61. The average Bonchev–Trinajstić information content (AvgIpc) is 2.61. The van der Waals surface area contributed by atoms with Gasteiger partial charge in [0.15, 0.2) is 0 Å². The predicted molar refractivity (Wildman–Crippen MR) is 64.8 cm³/mol. The van der Waals surface area contributed by atoms with Crippen molar-refractivity contribution in [3.63, 3.8) is 0 Å². The first-order chi connectivity index (χ1) is 8.37. The van der Waals surface area contributed by atoms with Gasteiger partial charge in [-0.2, -0.15) is 5.10 Å². The first-order valence-corrected chi connectivity index (χ1v) is 5.61. The van der Waals surface area contributed by atoms with E-state index in [2.05, 4.69) is 5.10 Å². The van der Waals surface area contributed by atoms with E-state index in [1.54, 1.807) is 24.9 Å². The molecular weight excluding hydrogens is 236 g/mol. The van der Waals surface area contributed by atoms with E-state index in [4.69, 9.17) is 5.73 Å². The molecule has 1 unspecified atom stereocenters. The topological polar surface area (TPSA) is 43.8 Å². The van der Waals surface area contributed by atoms with Crippen LogP contribution < -0.4 is 5.73 Å². The largest absolute Gasteiger partial charge is 0.321 e. The van der Waals surface area contributed by atoms with Crippen molar-refractivity contribution in [1.82, 2.24) is 9.78 Å². The van der Waals surface area contributed by atoms with Crippen LogP contribution in [0.15, 0.2) is 30.5 Å². The molecule has 0 aliphatic heterocycles. The SMILES string of the molecule is Cn1ccc(CC(C)(N)c2cc(F)cc(F)c2)n1. The van der Waals surface area contributed by atoms with E-state index in [0.717, 1.165) is 11.8 Å². The third-order valence-corrected chi connectivity index (χ3v) is 2.84. The number of aromatic nitrogens is 2. The van der Waals surface area contributed by atoms with Gasteiger partial charge in [-0.15, -0.1) is 0 Å². The summed E-state index contributed by atoms with van der Waals surface area (Å²) < 4.78 is 28.0. The Morgan fingerprint density at radius 1 is 1.28 bits per heavy atom. The van der Waals surface area contributed by atoms with Crippen LogP contribution in [0.3, 0.4) is 0 Å². The molecule has 2 aromatic rings. The Morgan fingerprint density at radius 2 is 1.89 bits per heavy atom. The van der Waals surface area contributed by atoms with E-state index in [1.807, 2.05) is 6.07 Å². The van der Waals surface area contributed by atoms with Crippen molar-refractivity contribution in [2.75, 3.05) is 0 Å². The van der Waals surface area contributed by atoms with Crippen LogP contribution in [0, 0.1) is 11.6 Å². The molecule has 0 saturated carbocycles. The zero-order chi connectivity index (χ0) is 13.3. The van der Waals surface area contributed by atoms with E-state index in [9.17, 15) is 8.78 Å². The number of rotatable bonds is 3. The molecule has 0 amide bonds. The quantitative estimate of drug-likeness (QED) is 0.908. The summed E-state index contributed by atoms with van der Waals surface area (Å²) in [5.74, 6) is -1.25. The van der Waals surface area contributed by atoms with Crippen LogP contribution in [0.25, 0.3) is 0 Å². The number of halogens is 2. The standard InChI is InChI=1S/C13H15F2N3/c1-13(16,8-12-3-4-18(2)17-12)9-5-10(14)7-11(15)6-9/h3-7H,8,16H2,1-2H3. The second kappa shape index (κ2) is 4.49. The highest BCUT2D eigenvalue weighted by Gasteiger charge is 2.24. The summed E-state index contributed by atoms with van der Waals surface area (Å²) in [6.07, 6.45) is 2.22. The summed E-state index contributed by atoms with van der Waals surface area (Å²) in [5, 5.41) is 4.22. The van der Waals surface area contributed by atoms with Crippen LogP contribution in [0.5, 0.6) is 0 Å². The lowest BCUT2D eigenvalue weighted by atomic mass is 9.88. The maximum absolute atomic E-state index is 13.2. The van der Waals surface area contributed by atoms with Gasteiger partial charge in [0.1, 0.15) is 11.6 Å². The molecule has 2 N–H and O–H groups in total. The lowest BCUT2D eigenvalue weighted by Gasteiger charge is -2.24. The molecule has 0 fully saturated rings. The minimum atomic E-state index is -0.864. The Bertz CT molecular complexity index is 541. The van der Waals surface area contributed by atoms with E-state index in [0.29, 0.717) is 12.0 Å². The van der Waals surface area contributed by atoms with Gasteiger partial charge < -0.3 is 5.73 Å². The number of nitrogens with zero attached hydrogens (tertiary/aromatic N) is 2. The average molecular weight is 251 g/mol. The molecule has 2 rings (SSSR count). The molecule has 1 aromatic heterocycles. The first kappa shape index (κ1) is 12.7. The number of hydrogen-bond acceptors (Lipinski definition) is 2. The van der Waals surface area contributed by atoms with Crippen LogP contribution in [0.1, 0.15) is 18.2 Å². The van der Waals surface area contributed by atoms with Crippen molar-refractivity contribution in [3.05, 3.63) is 53.4 Å². The highest BCUT2D eigenvalue weighted by atomic mass is 19.1. The van der Waals surface area contributed by atoms with Gasteiger partial charge in [-0.3, -0.25) is 4.68 Å². The molecule has 0 aliphatic carbocycles.